The van der Waals surface area contributed by atoms with Gasteiger partial charge in [-0.05, 0) is 49.4 Å². The Morgan fingerprint density at radius 3 is 2.48 bits per heavy atom. The van der Waals surface area contributed by atoms with Crippen LogP contribution in [0.3, 0.4) is 0 Å². The molecule has 1 saturated carbocycles. The minimum absolute atomic E-state index is 0.613. The van der Waals surface area contributed by atoms with Crippen molar-refractivity contribution in [2.24, 2.45) is 0 Å². The van der Waals surface area contributed by atoms with E-state index >= 15 is 0 Å². The summed E-state index contributed by atoms with van der Waals surface area (Å²) in [7, 11) is 0. The van der Waals surface area contributed by atoms with Crippen LogP contribution in [0.1, 0.15) is 63.5 Å². The van der Waals surface area contributed by atoms with Gasteiger partial charge in [-0.15, -0.1) is 0 Å². The van der Waals surface area contributed by atoms with Crippen molar-refractivity contribution < 1.29 is 0 Å². The normalized spacial score (nSPS) is 16.4. The first kappa shape index (κ1) is 16.5. The van der Waals surface area contributed by atoms with Crippen LogP contribution in [-0.4, -0.2) is 30.6 Å². The van der Waals surface area contributed by atoms with Crippen LogP contribution in [0, 0.1) is 0 Å². The van der Waals surface area contributed by atoms with Gasteiger partial charge in [0.25, 0.3) is 0 Å². The minimum Gasteiger partial charge on any atom is -0.313 e. The lowest BCUT2D eigenvalue weighted by atomic mass is 9.99. The van der Waals surface area contributed by atoms with E-state index in [0.717, 1.165) is 25.7 Å². The Morgan fingerprint density at radius 1 is 1.19 bits per heavy atom. The van der Waals surface area contributed by atoms with Crippen LogP contribution in [-0.2, 0) is 6.54 Å². The van der Waals surface area contributed by atoms with Crippen molar-refractivity contribution in [2.45, 2.75) is 65.0 Å². The van der Waals surface area contributed by atoms with Crippen molar-refractivity contribution in [1.29, 1.82) is 0 Å². The summed E-state index contributed by atoms with van der Waals surface area (Å²) >= 11 is 0. The number of hydrogen-bond acceptors (Lipinski definition) is 2. The first-order valence-corrected chi connectivity index (χ1v) is 8.77. The topological polar surface area (TPSA) is 15.3 Å². The number of nitrogens with one attached hydrogen (secondary N) is 1. The Kier molecular flexibility index (Phi) is 6.72. The average molecular weight is 288 g/mol. The molecule has 1 fully saturated rings. The van der Waals surface area contributed by atoms with Gasteiger partial charge >= 0.3 is 0 Å². The number of benzene rings is 1. The summed E-state index contributed by atoms with van der Waals surface area (Å²) in [5, 5.41) is 3.63. The quantitative estimate of drug-likeness (QED) is 0.695. The van der Waals surface area contributed by atoms with Crippen molar-refractivity contribution >= 4 is 0 Å². The molecule has 1 N–H and O–H groups in total. The van der Waals surface area contributed by atoms with Gasteiger partial charge in [-0.3, -0.25) is 4.90 Å². The third-order valence-electron chi connectivity index (χ3n) is 4.52. The predicted molar refractivity (Wildman–Crippen MR) is 91.7 cm³/mol. The summed E-state index contributed by atoms with van der Waals surface area (Å²) in [5.41, 5.74) is 2.91. The summed E-state index contributed by atoms with van der Waals surface area (Å²) in [4.78, 5) is 2.54. The molecule has 0 heterocycles. The van der Waals surface area contributed by atoms with Gasteiger partial charge in [0.2, 0.25) is 0 Å². The van der Waals surface area contributed by atoms with Gasteiger partial charge in [0, 0.05) is 19.1 Å². The monoisotopic (exact) mass is 288 g/mol. The molecule has 2 rings (SSSR count). The Morgan fingerprint density at radius 2 is 1.90 bits per heavy atom. The zero-order valence-electron chi connectivity index (χ0n) is 14.1. The van der Waals surface area contributed by atoms with E-state index in [2.05, 4.69) is 55.3 Å². The maximum Gasteiger partial charge on any atom is 0.0233 e. The van der Waals surface area contributed by atoms with Crippen LogP contribution in [0.15, 0.2) is 24.3 Å². The summed E-state index contributed by atoms with van der Waals surface area (Å²) in [5.74, 6) is 0.613. The SMILES string of the molecule is CCCCN(CC)Cc1ccc(C(C)CNC2CC2)cc1. The van der Waals surface area contributed by atoms with E-state index in [4.69, 9.17) is 0 Å². The smallest absolute Gasteiger partial charge is 0.0233 e. The first-order chi connectivity index (χ1) is 10.2. The summed E-state index contributed by atoms with van der Waals surface area (Å²) in [6.07, 6.45) is 5.32. The van der Waals surface area contributed by atoms with Gasteiger partial charge < -0.3 is 5.32 Å². The van der Waals surface area contributed by atoms with Crippen LogP contribution < -0.4 is 5.32 Å². The second-order valence-electron chi connectivity index (χ2n) is 6.55. The lowest BCUT2D eigenvalue weighted by molar-refractivity contribution is 0.275. The van der Waals surface area contributed by atoms with E-state index in [1.54, 1.807) is 0 Å². The lowest BCUT2D eigenvalue weighted by Gasteiger charge is -2.20. The molecule has 1 atom stereocenters. The molecule has 0 saturated heterocycles. The zero-order valence-corrected chi connectivity index (χ0v) is 14.1. The molecule has 0 spiro atoms. The maximum atomic E-state index is 3.63. The van der Waals surface area contributed by atoms with Crippen molar-refractivity contribution in [3.05, 3.63) is 35.4 Å². The largest absolute Gasteiger partial charge is 0.313 e. The predicted octanol–water partition coefficient (Wildman–Crippen LogP) is 4.16. The van der Waals surface area contributed by atoms with Crippen LogP contribution in [0.25, 0.3) is 0 Å². The molecular formula is C19H32N2. The van der Waals surface area contributed by atoms with E-state index in [0.29, 0.717) is 5.92 Å². The third kappa shape index (κ3) is 5.80. The molecule has 0 aromatic heterocycles. The van der Waals surface area contributed by atoms with Gasteiger partial charge in [-0.25, -0.2) is 0 Å². The van der Waals surface area contributed by atoms with Gasteiger partial charge in [-0.1, -0.05) is 51.5 Å². The van der Waals surface area contributed by atoms with Crippen LogP contribution in [0.5, 0.6) is 0 Å². The highest BCUT2D eigenvalue weighted by Gasteiger charge is 2.21. The molecule has 1 aromatic carbocycles. The Bertz CT molecular complexity index is 395. The van der Waals surface area contributed by atoms with Gasteiger partial charge in [0.1, 0.15) is 0 Å². The molecule has 1 aliphatic rings. The summed E-state index contributed by atoms with van der Waals surface area (Å²) in [6, 6.07) is 10.1. The fourth-order valence-electron chi connectivity index (χ4n) is 2.69. The Labute approximate surface area is 130 Å². The molecule has 118 valence electrons. The number of nitrogens with zero attached hydrogens (tertiary/aromatic N) is 1. The second kappa shape index (κ2) is 8.55. The minimum atomic E-state index is 0.613. The van der Waals surface area contributed by atoms with Crippen LogP contribution in [0.4, 0.5) is 0 Å². The number of hydrogen-bond donors (Lipinski definition) is 1. The highest BCUT2D eigenvalue weighted by Crippen LogP contribution is 2.21. The van der Waals surface area contributed by atoms with E-state index in [1.807, 2.05) is 0 Å². The molecule has 0 radical (unpaired) electrons. The van der Waals surface area contributed by atoms with E-state index < -0.39 is 0 Å². The van der Waals surface area contributed by atoms with E-state index in [1.165, 1.54) is 43.4 Å². The molecule has 1 aromatic rings. The number of rotatable bonds is 10. The second-order valence-corrected chi connectivity index (χ2v) is 6.55. The van der Waals surface area contributed by atoms with Crippen LogP contribution >= 0.6 is 0 Å². The third-order valence-corrected chi connectivity index (χ3v) is 4.52. The molecule has 2 nitrogen and oxygen atoms in total. The van der Waals surface area contributed by atoms with Crippen molar-refractivity contribution in [3.63, 3.8) is 0 Å². The van der Waals surface area contributed by atoms with Crippen molar-refractivity contribution in [1.82, 2.24) is 10.2 Å². The standard InChI is InChI=1S/C19H32N2/c1-4-6-13-21(5-2)15-17-7-9-18(10-8-17)16(3)14-20-19-11-12-19/h7-10,16,19-20H,4-6,11-15H2,1-3H3. The molecule has 1 aliphatic carbocycles. The number of unbranched alkanes of at least 4 members (excludes halogenated alkanes) is 1. The highest BCUT2D eigenvalue weighted by molar-refractivity contribution is 5.25. The fraction of sp³-hybridized carbons (Fsp3) is 0.684. The van der Waals surface area contributed by atoms with Crippen molar-refractivity contribution in [2.75, 3.05) is 19.6 Å². The zero-order chi connectivity index (χ0) is 15.1. The molecule has 0 amide bonds. The molecular weight excluding hydrogens is 256 g/mol. The molecule has 0 aliphatic heterocycles. The maximum absolute atomic E-state index is 3.63. The average Bonchev–Trinajstić information content (AvgIpc) is 3.34. The molecule has 0 bridgehead atoms. The van der Waals surface area contributed by atoms with E-state index in [9.17, 15) is 0 Å². The first-order valence-electron chi connectivity index (χ1n) is 8.77. The fourth-order valence-corrected chi connectivity index (χ4v) is 2.69. The van der Waals surface area contributed by atoms with Gasteiger partial charge in [0.15, 0.2) is 0 Å². The molecule has 1 unspecified atom stereocenters. The van der Waals surface area contributed by atoms with Gasteiger partial charge in [0.05, 0.1) is 0 Å². The molecule has 21 heavy (non-hydrogen) atoms. The van der Waals surface area contributed by atoms with Gasteiger partial charge in [-0.2, -0.15) is 0 Å². The van der Waals surface area contributed by atoms with E-state index in [-0.39, 0.29) is 0 Å². The highest BCUT2D eigenvalue weighted by atomic mass is 15.1. The van der Waals surface area contributed by atoms with Crippen molar-refractivity contribution in [3.8, 4) is 0 Å². The molecule has 2 heteroatoms. The van der Waals surface area contributed by atoms with Crippen LogP contribution in [0.2, 0.25) is 0 Å². The summed E-state index contributed by atoms with van der Waals surface area (Å²) < 4.78 is 0. The lowest BCUT2D eigenvalue weighted by Crippen LogP contribution is -2.24. The Hall–Kier alpha value is -0.860. The Balaban J connectivity index is 1.81. The summed E-state index contributed by atoms with van der Waals surface area (Å²) in [6.45, 7) is 11.4.